The minimum Gasteiger partial charge on any atom is -0.465 e. The number of rotatable bonds is 10. The molecule has 1 aliphatic carbocycles. The first kappa shape index (κ1) is 32.9. The SMILES string of the molecule is COC(=O)c1sc(-c2ccc(-c3cc4cccnc4n3COCC[Si](C)(C)C)cc2)cc1C1=C(C2CCC(C)CC2)CN(C)CC1. The van der Waals surface area contributed by atoms with Crippen LogP contribution < -0.4 is 0 Å². The monoisotopic (exact) mass is 655 g/mol. The van der Waals surface area contributed by atoms with Crippen molar-refractivity contribution in [2.75, 3.05) is 33.9 Å². The lowest BCUT2D eigenvalue weighted by atomic mass is 9.75. The van der Waals surface area contributed by atoms with Crippen LogP contribution in [-0.4, -0.2) is 62.3 Å². The normalized spacial score (nSPS) is 19.6. The summed E-state index contributed by atoms with van der Waals surface area (Å²) in [6.45, 7) is 12.7. The average molecular weight is 656 g/mol. The highest BCUT2D eigenvalue weighted by molar-refractivity contribution is 7.17. The third-order valence-corrected chi connectivity index (χ3v) is 12.7. The summed E-state index contributed by atoms with van der Waals surface area (Å²) in [5, 5.41) is 1.11. The lowest BCUT2D eigenvalue weighted by molar-refractivity contribution is 0.0606. The van der Waals surface area contributed by atoms with E-state index >= 15 is 0 Å². The van der Waals surface area contributed by atoms with E-state index in [1.165, 1.54) is 38.4 Å². The fourth-order valence-corrected chi connectivity index (χ4v) is 8.88. The molecule has 1 aromatic carbocycles. The van der Waals surface area contributed by atoms with E-state index < -0.39 is 8.07 Å². The van der Waals surface area contributed by atoms with E-state index in [2.05, 4.69) is 85.5 Å². The van der Waals surface area contributed by atoms with Crippen LogP contribution in [-0.2, 0) is 16.2 Å². The van der Waals surface area contributed by atoms with Gasteiger partial charge in [0.05, 0.1) is 12.8 Å². The number of methoxy groups -OCH3 is 1. The van der Waals surface area contributed by atoms with Gasteiger partial charge in [0.1, 0.15) is 17.3 Å². The molecular formula is C38H49N3O3SSi. The number of fused-ring (bicyclic) bond motifs is 1. The summed E-state index contributed by atoms with van der Waals surface area (Å²) in [7, 11) is 2.54. The Morgan fingerprint density at radius 3 is 2.50 bits per heavy atom. The molecule has 0 amide bonds. The predicted molar refractivity (Wildman–Crippen MR) is 194 cm³/mol. The van der Waals surface area contributed by atoms with Crippen LogP contribution in [0.25, 0.3) is 38.3 Å². The van der Waals surface area contributed by atoms with Gasteiger partial charge in [0.25, 0.3) is 0 Å². The standard InChI is InChI=1S/C38H49N3O3SSi/c1-26-9-11-27(12-10-26)33-24-40(2)19-17-31(33)32-23-35(45-36(32)38(42)43-3)29-15-13-28(14-16-29)34-22-30-8-7-18-39-37(30)41(34)25-44-20-21-46(4,5)6/h7-8,13-16,18,22-23,26-27H,9-12,17,19-21,24-25H2,1-6H3. The zero-order valence-electron chi connectivity index (χ0n) is 28.4. The Morgan fingerprint density at radius 1 is 1.04 bits per heavy atom. The van der Waals surface area contributed by atoms with Gasteiger partial charge in [-0.15, -0.1) is 11.3 Å². The molecule has 2 aliphatic rings. The summed E-state index contributed by atoms with van der Waals surface area (Å²) >= 11 is 1.56. The molecule has 0 unspecified atom stereocenters. The Bertz CT molecular complexity index is 1710. The third kappa shape index (κ3) is 7.25. The number of nitrogens with zero attached hydrogens (tertiary/aromatic N) is 3. The van der Waals surface area contributed by atoms with Gasteiger partial charge >= 0.3 is 5.97 Å². The molecule has 8 heteroatoms. The summed E-state index contributed by atoms with van der Waals surface area (Å²) in [4.78, 5) is 22.1. The molecule has 0 saturated heterocycles. The number of likely N-dealkylation sites (N-methyl/N-ethyl adjacent to an activating group) is 1. The molecule has 0 radical (unpaired) electrons. The van der Waals surface area contributed by atoms with Crippen molar-refractivity contribution in [1.82, 2.24) is 14.5 Å². The number of hydrogen-bond donors (Lipinski definition) is 0. The van der Waals surface area contributed by atoms with Crippen LogP contribution in [0.15, 0.2) is 60.3 Å². The Kier molecular flexibility index (Phi) is 9.99. The van der Waals surface area contributed by atoms with Crippen LogP contribution in [0.2, 0.25) is 25.7 Å². The van der Waals surface area contributed by atoms with Crippen molar-refractivity contribution in [3.63, 3.8) is 0 Å². The second kappa shape index (κ2) is 14.0. The Morgan fingerprint density at radius 2 is 1.78 bits per heavy atom. The Balaban J connectivity index is 1.32. The quantitative estimate of drug-likeness (QED) is 0.0968. The van der Waals surface area contributed by atoms with E-state index in [9.17, 15) is 4.79 Å². The molecule has 0 N–H and O–H groups in total. The van der Waals surface area contributed by atoms with Crippen molar-refractivity contribution in [2.45, 2.75) is 71.4 Å². The molecule has 4 heterocycles. The maximum absolute atomic E-state index is 13.2. The van der Waals surface area contributed by atoms with Crippen molar-refractivity contribution in [3.05, 3.63) is 70.7 Å². The second-order valence-corrected chi connectivity index (χ2v) is 21.3. The van der Waals surface area contributed by atoms with Gasteiger partial charge in [-0.05, 0) is 90.7 Å². The predicted octanol–water partition coefficient (Wildman–Crippen LogP) is 9.45. The number of thiophene rings is 1. The highest BCUT2D eigenvalue weighted by Crippen LogP contribution is 2.44. The number of aromatic nitrogens is 2. The van der Waals surface area contributed by atoms with Crippen molar-refractivity contribution in [1.29, 1.82) is 0 Å². The number of benzene rings is 1. The van der Waals surface area contributed by atoms with E-state index in [0.717, 1.165) is 81.3 Å². The molecule has 1 saturated carbocycles. The first-order valence-corrected chi connectivity index (χ1v) is 21.4. The molecule has 3 aromatic heterocycles. The first-order chi connectivity index (χ1) is 22.1. The molecular weight excluding hydrogens is 607 g/mol. The fraction of sp³-hybridized carbons (Fsp3) is 0.474. The molecule has 6 rings (SSSR count). The number of pyridine rings is 1. The number of ether oxygens (including phenoxy) is 2. The van der Waals surface area contributed by atoms with E-state index in [4.69, 9.17) is 14.5 Å². The van der Waals surface area contributed by atoms with Gasteiger partial charge < -0.3 is 18.9 Å². The van der Waals surface area contributed by atoms with Gasteiger partial charge in [-0.2, -0.15) is 0 Å². The van der Waals surface area contributed by atoms with Crippen LogP contribution in [0.5, 0.6) is 0 Å². The number of carbonyl (C=O) groups is 1. The van der Waals surface area contributed by atoms with Crippen LogP contribution in [0.4, 0.5) is 0 Å². The van der Waals surface area contributed by atoms with Crippen molar-refractivity contribution in [3.8, 4) is 21.7 Å². The van der Waals surface area contributed by atoms with E-state index in [-0.39, 0.29) is 5.97 Å². The molecule has 1 fully saturated rings. The second-order valence-electron chi connectivity index (χ2n) is 14.6. The minimum absolute atomic E-state index is 0.239. The minimum atomic E-state index is -1.17. The van der Waals surface area contributed by atoms with Crippen LogP contribution in [0.1, 0.15) is 54.3 Å². The summed E-state index contributed by atoms with van der Waals surface area (Å²) in [5.74, 6) is 1.17. The first-order valence-electron chi connectivity index (χ1n) is 16.9. The molecule has 46 heavy (non-hydrogen) atoms. The van der Waals surface area contributed by atoms with E-state index in [1.54, 1.807) is 16.9 Å². The fourth-order valence-electron chi connectivity index (χ4n) is 7.02. The molecule has 244 valence electrons. The molecule has 4 aromatic rings. The van der Waals surface area contributed by atoms with E-state index in [1.807, 2.05) is 12.3 Å². The maximum atomic E-state index is 13.2. The summed E-state index contributed by atoms with van der Waals surface area (Å²) < 4.78 is 13.7. The van der Waals surface area contributed by atoms with Gasteiger partial charge in [0, 0.05) is 49.8 Å². The van der Waals surface area contributed by atoms with Gasteiger partial charge in [-0.3, -0.25) is 0 Å². The molecule has 0 atom stereocenters. The Labute approximate surface area is 279 Å². The third-order valence-electron chi connectivity index (χ3n) is 9.85. The smallest absolute Gasteiger partial charge is 0.348 e. The van der Waals surface area contributed by atoms with E-state index in [0.29, 0.717) is 12.6 Å². The maximum Gasteiger partial charge on any atom is 0.348 e. The van der Waals surface area contributed by atoms with Gasteiger partial charge in [0.15, 0.2) is 0 Å². The molecule has 6 nitrogen and oxygen atoms in total. The van der Waals surface area contributed by atoms with Crippen molar-refractivity contribution in [2.24, 2.45) is 11.8 Å². The Hall–Kier alpha value is -3.04. The molecule has 0 bridgehead atoms. The van der Waals surface area contributed by atoms with Crippen LogP contribution >= 0.6 is 11.3 Å². The topological polar surface area (TPSA) is 56.6 Å². The largest absolute Gasteiger partial charge is 0.465 e. The zero-order valence-corrected chi connectivity index (χ0v) is 30.2. The van der Waals surface area contributed by atoms with Gasteiger partial charge in [-0.1, -0.05) is 63.7 Å². The lowest BCUT2D eigenvalue weighted by Gasteiger charge is -2.35. The highest BCUT2D eigenvalue weighted by atomic mass is 32.1. The molecule has 0 spiro atoms. The number of hydrogen-bond acceptors (Lipinski definition) is 6. The summed E-state index contributed by atoms with van der Waals surface area (Å²) in [5.41, 5.74) is 8.26. The molecule has 1 aliphatic heterocycles. The summed E-state index contributed by atoms with van der Waals surface area (Å²) in [6.07, 6.45) is 7.88. The van der Waals surface area contributed by atoms with Crippen molar-refractivity contribution >= 4 is 42.0 Å². The average Bonchev–Trinajstić information content (AvgIpc) is 3.65. The van der Waals surface area contributed by atoms with Gasteiger partial charge in [-0.25, -0.2) is 9.78 Å². The van der Waals surface area contributed by atoms with Gasteiger partial charge in [0.2, 0.25) is 0 Å². The van der Waals surface area contributed by atoms with Crippen LogP contribution in [0.3, 0.4) is 0 Å². The van der Waals surface area contributed by atoms with Crippen molar-refractivity contribution < 1.29 is 14.3 Å². The van der Waals surface area contributed by atoms with Crippen LogP contribution in [0, 0.1) is 11.8 Å². The number of carbonyl (C=O) groups excluding carboxylic acids is 1. The zero-order chi connectivity index (χ0) is 32.4. The number of esters is 1. The summed E-state index contributed by atoms with van der Waals surface area (Å²) in [6, 6.07) is 18.4. The highest BCUT2D eigenvalue weighted by Gasteiger charge is 2.30. The lowest BCUT2D eigenvalue weighted by Crippen LogP contribution is -2.31.